The molecule has 0 saturated carbocycles. The van der Waals surface area contributed by atoms with Crippen LogP contribution in [0.15, 0.2) is 72.8 Å². The van der Waals surface area contributed by atoms with Gasteiger partial charge in [-0.1, -0.05) is 67.1 Å². The minimum atomic E-state index is -0.667. The number of aryl methyl sites for hydroxylation is 1. The Morgan fingerprint density at radius 2 is 1.55 bits per heavy atom. The maximum Gasteiger partial charge on any atom is 0.243 e. The average molecular weight is 537 g/mol. The van der Waals surface area contributed by atoms with Gasteiger partial charge in [-0.3, -0.25) is 9.59 Å². The molecule has 2 amide bonds. The molecule has 3 aromatic carbocycles. The van der Waals surface area contributed by atoms with Crippen LogP contribution in [-0.2, 0) is 29.0 Å². The van der Waals surface area contributed by atoms with Crippen molar-refractivity contribution in [3.8, 4) is 11.5 Å². The number of halogens is 1. The molecule has 1 N–H and O–H groups in total. The number of benzene rings is 3. The number of ether oxygens (including phenoxy) is 2. The van der Waals surface area contributed by atoms with Crippen LogP contribution in [-0.4, -0.2) is 43.0 Å². The minimum Gasteiger partial charge on any atom is -0.493 e. The van der Waals surface area contributed by atoms with Crippen molar-refractivity contribution in [1.82, 2.24) is 10.2 Å². The summed E-state index contributed by atoms with van der Waals surface area (Å²) in [5, 5.41) is 3.72. The lowest BCUT2D eigenvalue weighted by Crippen LogP contribution is -2.52. The first-order chi connectivity index (χ1) is 18.3. The predicted molar refractivity (Wildman–Crippen MR) is 152 cm³/mol. The van der Waals surface area contributed by atoms with Gasteiger partial charge in [-0.2, -0.15) is 0 Å². The van der Waals surface area contributed by atoms with E-state index in [9.17, 15) is 9.59 Å². The molecule has 3 rings (SSSR count). The molecule has 0 spiro atoms. The Kier molecular flexibility index (Phi) is 11.0. The number of carbonyl (C=O) groups is 2. The quantitative estimate of drug-likeness (QED) is 0.298. The topological polar surface area (TPSA) is 67.9 Å². The minimum absolute atomic E-state index is 0.0000197. The third kappa shape index (κ3) is 8.25. The second-order valence-electron chi connectivity index (χ2n) is 9.36. The average Bonchev–Trinajstić information content (AvgIpc) is 2.94. The molecule has 0 aromatic heterocycles. The maximum atomic E-state index is 13.8. The molecule has 0 aliphatic rings. The normalized spacial score (nSPS) is 12.3. The number of nitrogens with one attached hydrogen (secondary N) is 1. The second-order valence-corrected chi connectivity index (χ2v) is 9.80. The zero-order valence-corrected chi connectivity index (χ0v) is 23.3. The van der Waals surface area contributed by atoms with E-state index in [-0.39, 0.29) is 24.3 Å². The molecule has 3 aromatic rings. The summed E-state index contributed by atoms with van der Waals surface area (Å²) < 4.78 is 10.8. The Hall–Kier alpha value is -3.51. The number of carbonyl (C=O) groups excluding carboxylic acids is 2. The molecule has 0 fully saturated rings. The first-order valence-electron chi connectivity index (χ1n) is 12.9. The first kappa shape index (κ1) is 29.1. The van der Waals surface area contributed by atoms with E-state index in [1.807, 2.05) is 74.5 Å². The Bertz CT molecular complexity index is 1180. The fourth-order valence-corrected chi connectivity index (χ4v) is 4.34. The van der Waals surface area contributed by atoms with Gasteiger partial charge in [0.15, 0.2) is 11.5 Å². The lowest BCUT2D eigenvalue weighted by atomic mass is 10.0. The van der Waals surface area contributed by atoms with Gasteiger partial charge in [0.25, 0.3) is 0 Å². The summed E-state index contributed by atoms with van der Waals surface area (Å²) in [4.78, 5) is 29.1. The number of rotatable bonds is 13. The monoisotopic (exact) mass is 536 g/mol. The summed E-state index contributed by atoms with van der Waals surface area (Å²) in [6.45, 7) is 4.30. The van der Waals surface area contributed by atoms with Crippen LogP contribution in [0.4, 0.5) is 0 Å². The molecule has 38 heavy (non-hydrogen) atoms. The van der Waals surface area contributed by atoms with Gasteiger partial charge in [-0.25, -0.2) is 0 Å². The molecule has 0 bridgehead atoms. The molecule has 0 unspecified atom stereocenters. The van der Waals surface area contributed by atoms with Crippen molar-refractivity contribution < 1.29 is 19.1 Å². The van der Waals surface area contributed by atoms with Gasteiger partial charge in [-0.15, -0.1) is 0 Å². The SMILES string of the molecule is CC[C@@H](C)NC(=O)[C@H](Cc1ccccc1)N(Cc1ccc(Cl)cc1)C(=O)CCc1ccc(OC)c(OC)c1. The molecule has 7 heteroatoms. The van der Waals surface area contributed by atoms with Crippen LogP contribution in [0.1, 0.15) is 43.4 Å². The van der Waals surface area contributed by atoms with Crippen molar-refractivity contribution in [2.45, 2.75) is 58.2 Å². The lowest BCUT2D eigenvalue weighted by molar-refractivity contribution is -0.141. The molecular formula is C31H37ClN2O4. The summed E-state index contributed by atoms with van der Waals surface area (Å²) in [6.07, 6.45) is 1.96. The fourth-order valence-electron chi connectivity index (χ4n) is 4.21. The van der Waals surface area contributed by atoms with Gasteiger partial charge in [0, 0.05) is 30.5 Å². The molecule has 0 saturated heterocycles. The van der Waals surface area contributed by atoms with Crippen LogP contribution in [0.25, 0.3) is 0 Å². The Balaban J connectivity index is 1.90. The van der Waals surface area contributed by atoms with Crippen molar-refractivity contribution in [2.75, 3.05) is 14.2 Å². The van der Waals surface area contributed by atoms with Crippen molar-refractivity contribution >= 4 is 23.4 Å². The molecule has 0 aliphatic heterocycles. The Morgan fingerprint density at radius 1 is 0.895 bits per heavy atom. The number of amides is 2. The van der Waals surface area contributed by atoms with Gasteiger partial charge in [0.2, 0.25) is 11.8 Å². The smallest absolute Gasteiger partial charge is 0.243 e. The van der Waals surface area contributed by atoms with Crippen LogP contribution in [0.3, 0.4) is 0 Å². The molecule has 202 valence electrons. The van der Waals surface area contributed by atoms with Gasteiger partial charge in [0.05, 0.1) is 14.2 Å². The molecular weight excluding hydrogens is 500 g/mol. The Morgan fingerprint density at radius 3 is 2.18 bits per heavy atom. The standard InChI is InChI=1S/C31H37ClN2O4/c1-5-22(2)33-31(36)27(19-23-9-7-6-8-10-23)34(21-25-11-15-26(32)16-12-25)30(35)18-14-24-13-17-28(37-3)29(20-24)38-4/h6-13,15-17,20,22,27H,5,14,18-19,21H2,1-4H3,(H,33,36)/t22-,27+/m1/s1. The first-order valence-corrected chi connectivity index (χ1v) is 13.3. The van der Waals surface area contributed by atoms with E-state index in [2.05, 4.69) is 5.32 Å². The van der Waals surface area contributed by atoms with E-state index >= 15 is 0 Å². The maximum absolute atomic E-state index is 13.8. The van der Waals surface area contributed by atoms with E-state index < -0.39 is 6.04 Å². The zero-order chi connectivity index (χ0) is 27.5. The largest absolute Gasteiger partial charge is 0.493 e. The van der Waals surface area contributed by atoms with Crippen molar-refractivity contribution in [2.24, 2.45) is 0 Å². The summed E-state index contributed by atoms with van der Waals surface area (Å²) in [7, 11) is 3.18. The predicted octanol–water partition coefficient (Wildman–Crippen LogP) is 5.84. The summed E-state index contributed by atoms with van der Waals surface area (Å²) >= 11 is 6.10. The Labute approximate surface area is 230 Å². The second kappa shape index (κ2) is 14.4. The van der Waals surface area contributed by atoms with Gasteiger partial charge < -0.3 is 19.7 Å². The summed E-state index contributed by atoms with van der Waals surface area (Å²) in [5.41, 5.74) is 2.85. The van der Waals surface area contributed by atoms with Crippen LogP contribution in [0, 0.1) is 0 Å². The molecule has 6 nitrogen and oxygen atoms in total. The van der Waals surface area contributed by atoms with E-state index in [0.29, 0.717) is 35.9 Å². The van der Waals surface area contributed by atoms with Gasteiger partial charge >= 0.3 is 0 Å². The van der Waals surface area contributed by atoms with Crippen LogP contribution >= 0.6 is 11.6 Å². The van der Waals surface area contributed by atoms with E-state index in [0.717, 1.165) is 23.1 Å². The fraction of sp³-hybridized carbons (Fsp3) is 0.355. The van der Waals surface area contributed by atoms with Crippen LogP contribution < -0.4 is 14.8 Å². The van der Waals surface area contributed by atoms with E-state index in [1.54, 1.807) is 31.3 Å². The third-order valence-electron chi connectivity index (χ3n) is 6.61. The van der Waals surface area contributed by atoms with E-state index in [1.165, 1.54) is 0 Å². The number of hydrogen-bond donors (Lipinski definition) is 1. The van der Waals surface area contributed by atoms with Gasteiger partial charge in [-0.05, 0) is 60.7 Å². The molecule has 0 radical (unpaired) electrons. The van der Waals surface area contributed by atoms with Crippen molar-refractivity contribution in [3.63, 3.8) is 0 Å². The number of nitrogens with zero attached hydrogens (tertiary/aromatic N) is 1. The zero-order valence-electron chi connectivity index (χ0n) is 22.6. The molecule has 0 heterocycles. The molecule has 0 aliphatic carbocycles. The number of hydrogen-bond acceptors (Lipinski definition) is 4. The van der Waals surface area contributed by atoms with Crippen LogP contribution in [0.5, 0.6) is 11.5 Å². The highest BCUT2D eigenvalue weighted by Crippen LogP contribution is 2.28. The van der Waals surface area contributed by atoms with Crippen LogP contribution in [0.2, 0.25) is 5.02 Å². The number of methoxy groups -OCH3 is 2. The summed E-state index contributed by atoms with van der Waals surface area (Å²) in [5.74, 6) is 0.994. The van der Waals surface area contributed by atoms with Gasteiger partial charge in [0.1, 0.15) is 6.04 Å². The van der Waals surface area contributed by atoms with Crippen molar-refractivity contribution in [3.05, 3.63) is 94.5 Å². The van der Waals surface area contributed by atoms with E-state index in [4.69, 9.17) is 21.1 Å². The molecule has 2 atom stereocenters. The third-order valence-corrected chi connectivity index (χ3v) is 6.87. The highest BCUT2D eigenvalue weighted by Gasteiger charge is 2.30. The highest BCUT2D eigenvalue weighted by molar-refractivity contribution is 6.30. The lowest BCUT2D eigenvalue weighted by Gasteiger charge is -2.32. The highest BCUT2D eigenvalue weighted by atomic mass is 35.5. The van der Waals surface area contributed by atoms with Crippen molar-refractivity contribution in [1.29, 1.82) is 0 Å². The summed E-state index contributed by atoms with van der Waals surface area (Å²) in [6, 6.07) is 22.2.